The van der Waals surface area contributed by atoms with Gasteiger partial charge in [-0.2, -0.15) is 0 Å². The molecular weight excluding hydrogens is 212 g/mol. The molecule has 0 radical (unpaired) electrons. The summed E-state index contributed by atoms with van der Waals surface area (Å²) >= 11 is 0. The molecule has 3 nitrogen and oxygen atoms in total. The van der Waals surface area contributed by atoms with Crippen molar-refractivity contribution in [2.75, 3.05) is 6.54 Å². The van der Waals surface area contributed by atoms with Gasteiger partial charge in [0.25, 0.3) is 0 Å². The third-order valence-corrected chi connectivity index (χ3v) is 2.82. The summed E-state index contributed by atoms with van der Waals surface area (Å²) in [4.78, 5) is 11.6. The lowest BCUT2D eigenvalue weighted by Gasteiger charge is -2.19. The SMILES string of the molecule is CCNC(=O)C(C)N[C@@H](C)c1ccc(C)cc1. The van der Waals surface area contributed by atoms with Crippen molar-refractivity contribution >= 4 is 5.91 Å². The highest BCUT2D eigenvalue weighted by atomic mass is 16.2. The molecule has 0 aliphatic carbocycles. The van der Waals surface area contributed by atoms with Crippen LogP contribution in [0.1, 0.15) is 37.9 Å². The van der Waals surface area contributed by atoms with E-state index in [1.54, 1.807) is 0 Å². The lowest BCUT2D eigenvalue weighted by atomic mass is 10.1. The van der Waals surface area contributed by atoms with Crippen molar-refractivity contribution in [3.63, 3.8) is 0 Å². The van der Waals surface area contributed by atoms with Gasteiger partial charge in [-0.25, -0.2) is 0 Å². The molecule has 1 amide bonds. The van der Waals surface area contributed by atoms with Gasteiger partial charge in [-0.05, 0) is 33.3 Å². The molecule has 1 aromatic carbocycles. The Morgan fingerprint density at radius 3 is 2.35 bits per heavy atom. The molecule has 1 unspecified atom stereocenters. The number of benzene rings is 1. The van der Waals surface area contributed by atoms with Gasteiger partial charge in [0.2, 0.25) is 5.91 Å². The fourth-order valence-corrected chi connectivity index (χ4v) is 1.73. The highest BCUT2D eigenvalue weighted by molar-refractivity contribution is 5.81. The molecular formula is C14H22N2O. The van der Waals surface area contributed by atoms with Crippen LogP contribution in [0.2, 0.25) is 0 Å². The molecule has 3 heteroatoms. The Balaban J connectivity index is 2.56. The summed E-state index contributed by atoms with van der Waals surface area (Å²) in [6, 6.07) is 8.36. The molecule has 0 saturated heterocycles. The van der Waals surface area contributed by atoms with Gasteiger partial charge in [-0.15, -0.1) is 0 Å². The van der Waals surface area contributed by atoms with Crippen LogP contribution in [0.5, 0.6) is 0 Å². The maximum atomic E-state index is 11.6. The van der Waals surface area contributed by atoms with Crippen molar-refractivity contribution in [2.45, 2.75) is 39.8 Å². The molecule has 0 aromatic heterocycles. The van der Waals surface area contributed by atoms with Crippen LogP contribution in [0.4, 0.5) is 0 Å². The van der Waals surface area contributed by atoms with Gasteiger partial charge < -0.3 is 5.32 Å². The van der Waals surface area contributed by atoms with E-state index in [0.717, 1.165) is 0 Å². The predicted octanol–water partition coefficient (Wildman–Crippen LogP) is 2.17. The van der Waals surface area contributed by atoms with E-state index < -0.39 is 0 Å². The van der Waals surface area contributed by atoms with E-state index in [2.05, 4.69) is 48.7 Å². The molecule has 0 fully saturated rings. The zero-order valence-corrected chi connectivity index (χ0v) is 11.1. The number of hydrogen-bond acceptors (Lipinski definition) is 2. The average molecular weight is 234 g/mol. The van der Waals surface area contributed by atoms with Crippen LogP contribution in [0.3, 0.4) is 0 Å². The summed E-state index contributed by atoms with van der Waals surface area (Å²) < 4.78 is 0. The Bertz CT molecular complexity index is 359. The summed E-state index contributed by atoms with van der Waals surface area (Å²) in [5.74, 6) is 0.0476. The molecule has 0 aliphatic rings. The molecule has 1 aromatic rings. The van der Waals surface area contributed by atoms with Crippen LogP contribution in [0.15, 0.2) is 24.3 Å². The monoisotopic (exact) mass is 234 g/mol. The van der Waals surface area contributed by atoms with Crippen molar-refractivity contribution in [3.05, 3.63) is 35.4 Å². The lowest BCUT2D eigenvalue weighted by Crippen LogP contribution is -2.43. The van der Waals surface area contributed by atoms with Crippen molar-refractivity contribution in [3.8, 4) is 0 Å². The first-order chi connectivity index (χ1) is 8.04. The van der Waals surface area contributed by atoms with Gasteiger partial charge in [-0.1, -0.05) is 29.8 Å². The van der Waals surface area contributed by atoms with E-state index in [9.17, 15) is 4.79 Å². The lowest BCUT2D eigenvalue weighted by molar-refractivity contribution is -0.122. The fraction of sp³-hybridized carbons (Fsp3) is 0.500. The summed E-state index contributed by atoms with van der Waals surface area (Å²) in [5, 5.41) is 6.10. The standard InChI is InChI=1S/C14H22N2O/c1-5-15-14(17)12(4)16-11(3)13-8-6-10(2)7-9-13/h6-9,11-12,16H,5H2,1-4H3,(H,15,17)/t11-,12?/m0/s1. The van der Waals surface area contributed by atoms with Crippen LogP contribution < -0.4 is 10.6 Å². The maximum Gasteiger partial charge on any atom is 0.236 e. The first kappa shape index (κ1) is 13.7. The van der Waals surface area contributed by atoms with Crippen molar-refractivity contribution in [1.29, 1.82) is 0 Å². The molecule has 2 atom stereocenters. The Hall–Kier alpha value is -1.35. The molecule has 94 valence electrons. The summed E-state index contributed by atoms with van der Waals surface area (Å²) in [6.45, 7) is 8.62. The molecule has 0 heterocycles. The molecule has 0 bridgehead atoms. The molecule has 0 saturated carbocycles. The van der Waals surface area contributed by atoms with Crippen LogP contribution in [-0.4, -0.2) is 18.5 Å². The largest absolute Gasteiger partial charge is 0.355 e. The van der Waals surface area contributed by atoms with E-state index in [1.807, 2.05) is 13.8 Å². The first-order valence-electron chi connectivity index (χ1n) is 6.15. The summed E-state index contributed by atoms with van der Waals surface area (Å²) in [7, 11) is 0. The number of hydrogen-bond donors (Lipinski definition) is 2. The number of carbonyl (C=O) groups excluding carboxylic acids is 1. The molecule has 0 spiro atoms. The number of rotatable bonds is 5. The topological polar surface area (TPSA) is 41.1 Å². The van der Waals surface area contributed by atoms with Gasteiger partial charge in [0.15, 0.2) is 0 Å². The minimum Gasteiger partial charge on any atom is -0.355 e. The van der Waals surface area contributed by atoms with Crippen LogP contribution in [0, 0.1) is 6.92 Å². The maximum absolute atomic E-state index is 11.6. The van der Waals surface area contributed by atoms with Crippen molar-refractivity contribution in [1.82, 2.24) is 10.6 Å². The van der Waals surface area contributed by atoms with Gasteiger partial charge in [0.05, 0.1) is 6.04 Å². The van der Waals surface area contributed by atoms with Crippen LogP contribution in [-0.2, 0) is 4.79 Å². The number of nitrogens with one attached hydrogen (secondary N) is 2. The average Bonchev–Trinajstić information content (AvgIpc) is 2.30. The van der Waals surface area contributed by atoms with Crippen molar-refractivity contribution in [2.24, 2.45) is 0 Å². The zero-order valence-electron chi connectivity index (χ0n) is 11.1. The fourth-order valence-electron chi connectivity index (χ4n) is 1.73. The molecule has 0 aliphatic heterocycles. The van der Waals surface area contributed by atoms with E-state index >= 15 is 0 Å². The van der Waals surface area contributed by atoms with Gasteiger partial charge in [0.1, 0.15) is 0 Å². The van der Waals surface area contributed by atoms with Crippen LogP contribution in [0.25, 0.3) is 0 Å². The van der Waals surface area contributed by atoms with E-state index in [0.29, 0.717) is 6.54 Å². The van der Waals surface area contributed by atoms with E-state index in [1.165, 1.54) is 11.1 Å². The Labute approximate surface area is 104 Å². The quantitative estimate of drug-likeness (QED) is 0.820. The normalized spacial score (nSPS) is 14.1. The highest BCUT2D eigenvalue weighted by Crippen LogP contribution is 2.13. The van der Waals surface area contributed by atoms with E-state index in [-0.39, 0.29) is 18.0 Å². The second-order valence-electron chi connectivity index (χ2n) is 4.42. The third kappa shape index (κ3) is 4.19. The molecule has 17 heavy (non-hydrogen) atoms. The Morgan fingerprint density at radius 1 is 1.24 bits per heavy atom. The number of carbonyl (C=O) groups is 1. The number of aryl methyl sites for hydroxylation is 1. The molecule has 1 rings (SSSR count). The van der Waals surface area contributed by atoms with Gasteiger partial charge in [-0.3, -0.25) is 10.1 Å². The zero-order chi connectivity index (χ0) is 12.8. The van der Waals surface area contributed by atoms with Gasteiger partial charge >= 0.3 is 0 Å². The summed E-state index contributed by atoms with van der Waals surface area (Å²) in [6.07, 6.45) is 0. The summed E-state index contributed by atoms with van der Waals surface area (Å²) in [5.41, 5.74) is 2.45. The Kier molecular flexibility index (Phi) is 5.16. The van der Waals surface area contributed by atoms with Crippen molar-refractivity contribution < 1.29 is 4.79 Å². The third-order valence-electron chi connectivity index (χ3n) is 2.82. The molecule has 2 N–H and O–H groups in total. The minimum absolute atomic E-state index is 0.0476. The van der Waals surface area contributed by atoms with Crippen LogP contribution >= 0.6 is 0 Å². The van der Waals surface area contributed by atoms with E-state index in [4.69, 9.17) is 0 Å². The van der Waals surface area contributed by atoms with Gasteiger partial charge in [0, 0.05) is 12.6 Å². The number of likely N-dealkylation sites (N-methyl/N-ethyl adjacent to an activating group) is 1. The Morgan fingerprint density at radius 2 is 1.82 bits per heavy atom. The smallest absolute Gasteiger partial charge is 0.236 e. The second-order valence-corrected chi connectivity index (χ2v) is 4.42. The first-order valence-corrected chi connectivity index (χ1v) is 6.15. The predicted molar refractivity (Wildman–Crippen MR) is 70.9 cm³/mol. The second kappa shape index (κ2) is 6.40. The minimum atomic E-state index is -0.175. The highest BCUT2D eigenvalue weighted by Gasteiger charge is 2.15. The number of amides is 1.